The van der Waals surface area contributed by atoms with Crippen molar-refractivity contribution in [3.63, 3.8) is 0 Å². The zero-order valence-electron chi connectivity index (χ0n) is 17.9. The van der Waals surface area contributed by atoms with Crippen molar-refractivity contribution >= 4 is 33.4 Å². The lowest BCUT2D eigenvalue weighted by Gasteiger charge is -2.36. The molecule has 168 valence electrons. The number of nitrogens with one attached hydrogen (secondary N) is 2. The van der Waals surface area contributed by atoms with Crippen LogP contribution in [0.15, 0.2) is 58.4 Å². The maximum absolute atomic E-state index is 12.9. The number of amides is 2. The molecule has 0 saturated heterocycles. The van der Waals surface area contributed by atoms with Gasteiger partial charge in [-0.2, -0.15) is 0 Å². The van der Waals surface area contributed by atoms with Gasteiger partial charge in [0.2, 0.25) is 11.8 Å². The molecular weight excluding hydrogens is 428 g/mol. The predicted octanol–water partition coefficient (Wildman–Crippen LogP) is 2.63. The van der Waals surface area contributed by atoms with E-state index in [0.717, 1.165) is 24.0 Å². The average Bonchev–Trinajstić information content (AvgIpc) is 3.26. The number of rotatable bonds is 5. The Balaban J connectivity index is 1.49. The maximum atomic E-state index is 12.9. The zero-order chi connectivity index (χ0) is 22.7. The molecule has 4 rings (SSSR count). The summed E-state index contributed by atoms with van der Waals surface area (Å²) in [5, 5.41) is 2.79. The minimum Gasteiger partial charge on any atom is -0.335 e. The molecule has 8 nitrogen and oxygen atoms in total. The number of anilines is 1. The fourth-order valence-electron chi connectivity index (χ4n) is 4.21. The van der Waals surface area contributed by atoms with Crippen LogP contribution in [0.1, 0.15) is 43.4 Å². The van der Waals surface area contributed by atoms with Crippen molar-refractivity contribution in [2.75, 3.05) is 18.4 Å². The molecule has 0 bridgehead atoms. The van der Waals surface area contributed by atoms with Gasteiger partial charge in [-0.25, -0.2) is 8.42 Å². The molecular formula is C23H26N4O4S. The third kappa shape index (κ3) is 4.83. The van der Waals surface area contributed by atoms with Crippen molar-refractivity contribution in [1.82, 2.24) is 9.62 Å². The molecule has 0 radical (unpaired) electrons. The van der Waals surface area contributed by atoms with Gasteiger partial charge in [-0.1, -0.05) is 30.3 Å². The van der Waals surface area contributed by atoms with Gasteiger partial charge in [0.25, 0.3) is 10.0 Å². The van der Waals surface area contributed by atoms with Gasteiger partial charge in [0.15, 0.2) is 0 Å². The highest BCUT2D eigenvalue weighted by molar-refractivity contribution is 7.90. The monoisotopic (exact) mass is 454 g/mol. The largest absolute Gasteiger partial charge is 0.335 e. The number of fused-ring (bicyclic) bond motifs is 1. The maximum Gasteiger partial charge on any atom is 0.262 e. The number of nitrogens with zero attached hydrogens (tertiary/aromatic N) is 2. The SMILES string of the molecule is CC(=O)N1CCc2ccccc2C1CC(=O)Nc1cccc(S(=O)(=O)NC2=NCCC2)c1. The summed E-state index contributed by atoms with van der Waals surface area (Å²) in [5.41, 5.74) is 2.49. The molecule has 2 amide bonds. The first-order valence-electron chi connectivity index (χ1n) is 10.6. The minimum absolute atomic E-state index is 0.0540. The van der Waals surface area contributed by atoms with Crippen LogP contribution in [0, 0.1) is 0 Å². The van der Waals surface area contributed by atoms with Crippen LogP contribution in [0.3, 0.4) is 0 Å². The fraction of sp³-hybridized carbons (Fsp3) is 0.348. The Bertz CT molecular complexity index is 1180. The summed E-state index contributed by atoms with van der Waals surface area (Å²) >= 11 is 0. The van der Waals surface area contributed by atoms with Crippen LogP contribution in [0.5, 0.6) is 0 Å². The molecule has 0 spiro atoms. The molecule has 2 aromatic carbocycles. The lowest BCUT2D eigenvalue weighted by molar-refractivity contribution is -0.132. The average molecular weight is 455 g/mol. The second kappa shape index (κ2) is 9.12. The topological polar surface area (TPSA) is 108 Å². The Morgan fingerprint density at radius 1 is 1.12 bits per heavy atom. The molecule has 1 atom stereocenters. The van der Waals surface area contributed by atoms with Crippen molar-refractivity contribution in [3.05, 3.63) is 59.7 Å². The molecule has 0 aromatic heterocycles. The second-order valence-electron chi connectivity index (χ2n) is 7.99. The Labute approximate surface area is 187 Å². The highest BCUT2D eigenvalue weighted by atomic mass is 32.2. The molecule has 2 aliphatic rings. The molecule has 0 aliphatic carbocycles. The molecule has 2 aliphatic heterocycles. The summed E-state index contributed by atoms with van der Waals surface area (Å²) in [6.45, 7) is 2.69. The third-order valence-electron chi connectivity index (χ3n) is 5.75. The summed E-state index contributed by atoms with van der Waals surface area (Å²) in [5.74, 6) is 0.0895. The van der Waals surface area contributed by atoms with Gasteiger partial charge in [0.1, 0.15) is 5.84 Å². The number of hydrogen-bond donors (Lipinski definition) is 2. The molecule has 1 unspecified atom stereocenters. The zero-order valence-corrected chi connectivity index (χ0v) is 18.7. The normalized spacial score (nSPS) is 18.0. The van der Waals surface area contributed by atoms with Crippen molar-refractivity contribution in [1.29, 1.82) is 0 Å². The Morgan fingerprint density at radius 2 is 1.94 bits per heavy atom. The van der Waals surface area contributed by atoms with E-state index in [9.17, 15) is 18.0 Å². The number of amidine groups is 1. The highest BCUT2D eigenvalue weighted by Gasteiger charge is 2.30. The summed E-state index contributed by atoms with van der Waals surface area (Å²) in [6, 6.07) is 13.6. The van der Waals surface area contributed by atoms with Crippen molar-refractivity contribution in [2.24, 2.45) is 4.99 Å². The van der Waals surface area contributed by atoms with E-state index >= 15 is 0 Å². The van der Waals surface area contributed by atoms with Gasteiger partial charge in [0.05, 0.1) is 17.4 Å². The quantitative estimate of drug-likeness (QED) is 0.724. The number of hydrogen-bond acceptors (Lipinski definition) is 5. The first-order chi connectivity index (χ1) is 15.3. The van der Waals surface area contributed by atoms with E-state index in [4.69, 9.17) is 0 Å². The van der Waals surface area contributed by atoms with E-state index in [-0.39, 0.29) is 29.2 Å². The van der Waals surface area contributed by atoms with E-state index in [1.807, 2.05) is 24.3 Å². The van der Waals surface area contributed by atoms with Crippen molar-refractivity contribution in [2.45, 2.75) is 43.5 Å². The van der Waals surface area contributed by atoms with Gasteiger partial charge in [-0.05, 0) is 42.2 Å². The Hall–Kier alpha value is -3.20. The van der Waals surface area contributed by atoms with E-state index in [0.29, 0.717) is 31.0 Å². The van der Waals surface area contributed by atoms with Crippen LogP contribution < -0.4 is 10.0 Å². The van der Waals surface area contributed by atoms with Gasteiger partial charge in [-0.3, -0.25) is 19.3 Å². The third-order valence-corrected chi connectivity index (χ3v) is 7.13. The summed E-state index contributed by atoms with van der Waals surface area (Å²) in [7, 11) is -3.77. The van der Waals surface area contributed by atoms with Crippen molar-refractivity contribution in [3.8, 4) is 0 Å². The standard InChI is InChI=1S/C23H26N4O4S/c1-16(28)27-13-11-17-6-2-3-9-20(17)21(27)15-23(29)25-18-7-4-8-19(14-18)32(30,31)26-22-10-5-12-24-22/h2-4,6-9,14,21H,5,10-13,15H2,1H3,(H,24,26)(H,25,29). The number of sulfonamides is 1. The van der Waals surface area contributed by atoms with E-state index in [2.05, 4.69) is 15.0 Å². The minimum atomic E-state index is -3.77. The van der Waals surface area contributed by atoms with Crippen LogP contribution in [0.2, 0.25) is 0 Å². The molecule has 0 saturated carbocycles. The number of benzene rings is 2. The fourth-order valence-corrected chi connectivity index (χ4v) is 5.35. The summed E-state index contributed by atoms with van der Waals surface area (Å²) in [4.78, 5) is 30.9. The number of carbonyl (C=O) groups is 2. The van der Waals surface area contributed by atoms with Gasteiger partial charge in [0, 0.05) is 32.1 Å². The Kier molecular flexibility index (Phi) is 6.27. The van der Waals surface area contributed by atoms with Crippen LogP contribution in [0.4, 0.5) is 5.69 Å². The number of aliphatic imine (C=N–C) groups is 1. The first-order valence-corrected chi connectivity index (χ1v) is 12.1. The molecule has 32 heavy (non-hydrogen) atoms. The molecule has 9 heteroatoms. The van der Waals surface area contributed by atoms with Crippen LogP contribution in [-0.4, -0.2) is 44.1 Å². The summed E-state index contributed by atoms with van der Waals surface area (Å²) in [6.07, 6.45) is 2.27. The van der Waals surface area contributed by atoms with Crippen LogP contribution in [0.25, 0.3) is 0 Å². The van der Waals surface area contributed by atoms with Crippen LogP contribution >= 0.6 is 0 Å². The van der Waals surface area contributed by atoms with E-state index < -0.39 is 10.0 Å². The van der Waals surface area contributed by atoms with Gasteiger partial charge >= 0.3 is 0 Å². The highest BCUT2D eigenvalue weighted by Crippen LogP contribution is 2.32. The summed E-state index contributed by atoms with van der Waals surface area (Å²) < 4.78 is 27.8. The lowest BCUT2D eigenvalue weighted by atomic mass is 9.90. The van der Waals surface area contributed by atoms with E-state index in [1.54, 1.807) is 17.0 Å². The molecule has 2 heterocycles. The van der Waals surface area contributed by atoms with Gasteiger partial charge < -0.3 is 10.2 Å². The molecule has 0 fully saturated rings. The Morgan fingerprint density at radius 3 is 2.69 bits per heavy atom. The van der Waals surface area contributed by atoms with Gasteiger partial charge in [-0.15, -0.1) is 0 Å². The lowest BCUT2D eigenvalue weighted by Crippen LogP contribution is -2.40. The first kappa shape index (κ1) is 22.0. The van der Waals surface area contributed by atoms with Crippen molar-refractivity contribution < 1.29 is 18.0 Å². The number of carbonyl (C=O) groups excluding carboxylic acids is 2. The van der Waals surface area contributed by atoms with Crippen LogP contribution in [-0.2, 0) is 26.0 Å². The predicted molar refractivity (Wildman–Crippen MR) is 122 cm³/mol. The molecule has 2 aromatic rings. The smallest absolute Gasteiger partial charge is 0.262 e. The van der Waals surface area contributed by atoms with E-state index in [1.165, 1.54) is 19.1 Å². The molecule has 2 N–H and O–H groups in total. The second-order valence-corrected chi connectivity index (χ2v) is 9.68.